The lowest BCUT2D eigenvalue weighted by molar-refractivity contribution is 1.09. The predicted molar refractivity (Wildman–Crippen MR) is 44.2 cm³/mol. The molecule has 1 heterocycles. The van der Waals surface area contributed by atoms with Crippen molar-refractivity contribution >= 4 is 15.9 Å². The largest absolute Gasteiger partial charge is 0.325 e. The molecule has 0 amide bonds. The molecule has 0 aromatic carbocycles. The Morgan fingerprint density at radius 1 is 1.50 bits per heavy atom. The number of aromatic nitrogens is 1. The first kappa shape index (κ1) is 7.54. The van der Waals surface area contributed by atoms with Gasteiger partial charge in [0.05, 0.1) is 4.47 Å². The van der Waals surface area contributed by atoms with E-state index in [1.165, 1.54) is 0 Å². The van der Waals surface area contributed by atoms with Crippen molar-refractivity contribution in [1.82, 2.24) is 4.98 Å². The first-order valence-electron chi connectivity index (χ1n) is 2.97. The van der Waals surface area contributed by atoms with Gasteiger partial charge in [-0.2, -0.15) is 0 Å². The molecule has 0 aliphatic carbocycles. The second kappa shape index (κ2) is 2.58. The van der Waals surface area contributed by atoms with Gasteiger partial charge in [-0.25, -0.2) is 0 Å². The first-order chi connectivity index (χ1) is 4.61. The van der Waals surface area contributed by atoms with Crippen molar-refractivity contribution in [3.05, 3.63) is 32.2 Å². The van der Waals surface area contributed by atoms with Crippen LogP contribution in [0.25, 0.3) is 0 Å². The SMILES string of the molecule is Cc1cc(Br)c(=O)[nH]c1C. The second-order valence-corrected chi connectivity index (χ2v) is 3.11. The molecule has 2 nitrogen and oxygen atoms in total. The first-order valence-corrected chi connectivity index (χ1v) is 3.76. The van der Waals surface area contributed by atoms with Crippen molar-refractivity contribution in [3.63, 3.8) is 0 Å². The zero-order chi connectivity index (χ0) is 7.72. The van der Waals surface area contributed by atoms with E-state index in [1.807, 2.05) is 19.9 Å². The Balaban J connectivity index is 3.43. The molecule has 0 saturated heterocycles. The van der Waals surface area contributed by atoms with Crippen molar-refractivity contribution in [3.8, 4) is 0 Å². The van der Waals surface area contributed by atoms with E-state index >= 15 is 0 Å². The summed E-state index contributed by atoms with van der Waals surface area (Å²) in [4.78, 5) is 13.6. The highest BCUT2D eigenvalue weighted by molar-refractivity contribution is 9.10. The van der Waals surface area contributed by atoms with Crippen LogP contribution in [0.4, 0.5) is 0 Å². The number of aryl methyl sites for hydroxylation is 2. The van der Waals surface area contributed by atoms with Crippen LogP contribution in [0.15, 0.2) is 15.3 Å². The summed E-state index contributed by atoms with van der Waals surface area (Å²) >= 11 is 3.14. The van der Waals surface area contributed by atoms with Gasteiger partial charge < -0.3 is 4.98 Å². The molecule has 1 aromatic rings. The van der Waals surface area contributed by atoms with Crippen molar-refractivity contribution in [2.75, 3.05) is 0 Å². The van der Waals surface area contributed by atoms with Crippen LogP contribution in [0.2, 0.25) is 0 Å². The number of rotatable bonds is 0. The molecule has 0 spiro atoms. The molecule has 0 radical (unpaired) electrons. The van der Waals surface area contributed by atoms with Crippen molar-refractivity contribution in [1.29, 1.82) is 0 Å². The number of aromatic amines is 1. The molecule has 0 fully saturated rings. The number of hydrogen-bond donors (Lipinski definition) is 1. The summed E-state index contributed by atoms with van der Waals surface area (Å²) in [5.74, 6) is 0. The van der Waals surface area contributed by atoms with Crippen LogP contribution in [0.3, 0.4) is 0 Å². The maximum Gasteiger partial charge on any atom is 0.262 e. The summed E-state index contributed by atoms with van der Waals surface area (Å²) < 4.78 is 0.593. The molecule has 1 N–H and O–H groups in total. The lowest BCUT2D eigenvalue weighted by atomic mass is 10.2. The molecule has 1 rings (SSSR count). The third kappa shape index (κ3) is 1.29. The van der Waals surface area contributed by atoms with Crippen LogP contribution in [-0.2, 0) is 0 Å². The molecular formula is C7H8BrNO. The Hall–Kier alpha value is -0.570. The van der Waals surface area contributed by atoms with E-state index in [-0.39, 0.29) is 5.56 Å². The third-order valence-corrected chi connectivity index (χ3v) is 2.04. The highest BCUT2D eigenvalue weighted by Gasteiger charge is 1.97. The Morgan fingerprint density at radius 3 is 2.60 bits per heavy atom. The van der Waals surface area contributed by atoms with Gasteiger partial charge in [0.1, 0.15) is 0 Å². The summed E-state index contributed by atoms with van der Waals surface area (Å²) in [5.41, 5.74) is 1.95. The van der Waals surface area contributed by atoms with Crippen LogP contribution < -0.4 is 5.56 Å². The Labute approximate surface area is 67.4 Å². The number of halogens is 1. The van der Waals surface area contributed by atoms with E-state index in [0.29, 0.717) is 4.47 Å². The average molecular weight is 202 g/mol. The Kier molecular flexibility index (Phi) is 1.94. The number of nitrogens with one attached hydrogen (secondary N) is 1. The minimum Gasteiger partial charge on any atom is -0.325 e. The maximum atomic E-state index is 10.9. The quantitative estimate of drug-likeness (QED) is 0.682. The van der Waals surface area contributed by atoms with Gasteiger partial charge in [0, 0.05) is 5.69 Å². The molecule has 0 saturated carbocycles. The highest BCUT2D eigenvalue weighted by Crippen LogP contribution is 2.06. The molecule has 0 atom stereocenters. The summed E-state index contributed by atoms with van der Waals surface area (Å²) in [5, 5.41) is 0. The highest BCUT2D eigenvalue weighted by atomic mass is 79.9. The van der Waals surface area contributed by atoms with Gasteiger partial charge in [-0.3, -0.25) is 4.79 Å². The standard InChI is InChI=1S/C7H8BrNO/c1-4-3-6(8)7(10)9-5(4)2/h3H,1-2H3,(H,9,10). The van der Waals surface area contributed by atoms with Gasteiger partial charge in [-0.15, -0.1) is 0 Å². The molecule has 1 aromatic heterocycles. The molecule has 3 heteroatoms. The van der Waals surface area contributed by atoms with Gasteiger partial charge in [0.15, 0.2) is 0 Å². The number of hydrogen-bond acceptors (Lipinski definition) is 1. The lowest BCUT2D eigenvalue weighted by Crippen LogP contribution is -2.08. The molecule has 0 unspecified atom stereocenters. The molecule has 54 valence electrons. The molecule has 0 aliphatic rings. The van der Waals surface area contributed by atoms with Crippen molar-refractivity contribution < 1.29 is 0 Å². The van der Waals surface area contributed by atoms with Crippen LogP contribution in [0, 0.1) is 13.8 Å². The fourth-order valence-corrected chi connectivity index (χ4v) is 1.13. The van der Waals surface area contributed by atoms with E-state index in [2.05, 4.69) is 20.9 Å². The fraction of sp³-hybridized carbons (Fsp3) is 0.286. The third-order valence-electron chi connectivity index (χ3n) is 1.45. The van der Waals surface area contributed by atoms with E-state index in [4.69, 9.17) is 0 Å². The zero-order valence-corrected chi connectivity index (χ0v) is 7.45. The van der Waals surface area contributed by atoms with E-state index < -0.39 is 0 Å². The van der Waals surface area contributed by atoms with Gasteiger partial charge in [-0.05, 0) is 41.4 Å². The smallest absolute Gasteiger partial charge is 0.262 e. The number of pyridine rings is 1. The monoisotopic (exact) mass is 201 g/mol. The molecule has 0 aliphatic heterocycles. The fourth-order valence-electron chi connectivity index (χ4n) is 0.692. The summed E-state index contributed by atoms with van der Waals surface area (Å²) in [6.45, 7) is 3.83. The number of H-pyrrole nitrogens is 1. The van der Waals surface area contributed by atoms with Gasteiger partial charge in [0.2, 0.25) is 0 Å². The van der Waals surface area contributed by atoms with Crippen LogP contribution in [0.5, 0.6) is 0 Å². The van der Waals surface area contributed by atoms with E-state index in [9.17, 15) is 4.79 Å². The molecule has 10 heavy (non-hydrogen) atoms. The Morgan fingerprint density at radius 2 is 2.10 bits per heavy atom. The van der Waals surface area contributed by atoms with Crippen LogP contribution in [-0.4, -0.2) is 4.98 Å². The topological polar surface area (TPSA) is 32.9 Å². The zero-order valence-electron chi connectivity index (χ0n) is 5.86. The molecule has 0 bridgehead atoms. The minimum absolute atomic E-state index is 0.0666. The van der Waals surface area contributed by atoms with Gasteiger partial charge in [0.25, 0.3) is 5.56 Å². The van der Waals surface area contributed by atoms with Gasteiger partial charge >= 0.3 is 0 Å². The lowest BCUT2D eigenvalue weighted by Gasteiger charge is -1.97. The summed E-state index contributed by atoms with van der Waals surface area (Å²) in [6, 6.07) is 1.81. The van der Waals surface area contributed by atoms with E-state index in [1.54, 1.807) is 0 Å². The van der Waals surface area contributed by atoms with E-state index in [0.717, 1.165) is 11.3 Å². The normalized spacial score (nSPS) is 9.90. The Bertz CT molecular complexity index is 303. The van der Waals surface area contributed by atoms with Crippen LogP contribution in [0.1, 0.15) is 11.3 Å². The summed E-state index contributed by atoms with van der Waals surface area (Å²) in [6.07, 6.45) is 0. The summed E-state index contributed by atoms with van der Waals surface area (Å²) in [7, 11) is 0. The van der Waals surface area contributed by atoms with Crippen LogP contribution >= 0.6 is 15.9 Å². The van der Waals surface area contributed by atoms with Crippen molar-refractivity contribution in [2.45, 2.75) is 13.8 Å². The molecular weight excluding hydrogens is 194 g/mol. The van der Waals surface area contributed by atoms with Crippen molar-refractivity contribution in [2.24, 2.45) is 0 Å². The predicted octanol–water partition coefficient (Wildman–Crippen LogP) is 1.75. The second-order valence-electron chi connectivity index (χ2n) is 2.25. The maximum absolute atomic E-state index is 10.9. The minimum atomic E-state index is -0.0666. The van der Waals surface area contributed by atoms with Gasteiger partial charge in [-0.1, -0.05) is 0 Å². The average Bonchev–Trinajstić information content (AvgIpc) is 1.84.